The first kappa shape index (κ1) is 15.6. The molecule has 1 aliphatic rings. The number of aromatic amines is 1. The molecule has 1 heterocycles. The smallest absolute Gasteiger partial charge is 0.328 e. The molecule has 5 nitrogen and oxygen atoms in total. The van der Waals surface area contributed by atoms with Crippen LogP contribution in [-0.4, -0.2) is 22.3 Å². The summed E-state index contributed by atoms with van der Waals surface area (Å²) in [6.45, 7) is 0.559. The zero-order chi connectivity index (χ0) is 16.4. The molecule has 2 aromatic rings. The van der Waals surface area contributed by atoms with Crippen LogP contribution in [0.5, 0.6) is 0 Å². The van der Waals surface area contributed by atoms with Crippen molar-refractivity contribution in [1.29, 1.82) is 0 Å². The number of hydrogen-bond donors (Lipinski definition) is 1. The van der Waals surface area contributed by atoms with E-state index in [0.717, 1.165) is 5.56 Å². The van der Waals surface area contributed by atoms with Crippen LogP contribution in [-0.2, 0) is 11.3 Å². The van der Waals surface area contributed by atoms with Gasteiger partial charge in [0.05, 0.1) is 19.3 Å². The average Bonchev–Trinajstić information content (AvgIpc) is 2.56. The molecule has 0 saturated heterocycles. The second-order valence-electron chi connectivity index (χ2n) is 5.63. The lowest BCUT2D eigenvalue weighted by Gasteiger charge is -2.39. The fourth-order valence-electron chi connectivity index (χ4n) is 2.76. The molecule has 0 amide bonds. The van der Waals surface area contributed by atoms with E-state index in [2.05, 4.69) is 4.98 Å². The molecule has 0 aliphatic heterocycles. The lowest BCUT2D eigenvalue weighted by atomic mass is 9.78. The van der Waals surface area contributed by atoms with Gasteiger partial charge in [-0.2, -0.15) is 4.39 Å². The van der Waals surface area contributed by atoms with Crippen molar-refractivity contribution in [3.63, 3.8) is 0 Å². The van der Waals surface area contributed by atoms with E-state index in [-0.39, 0.29) is 13.0 Å². The Hall–Kier alpha value is -2.28. The van der Waals surface area contributed by atoms with Gasteiger partial charge in [0.1, 0.15) is 6.17 Å². The van der Waals surface area contributed by atoms with Gasteiger partial charge in [-0.25, -0.2) is 9.18 Å². The van der Waals surface area contributed by atoms with Crippen molar-refractivity contribution in [1.82, 2.24) is 9.55 Å². The maximum Gasteiger partial charge on any atom is 0.328 e. The Kier molecular flexibility index (Phi) is 4.38. The largest absolute Gasteiger partial charge is 0.376 e. The summed E-state index contributed by atoms with van der Waals surface area (Å²) in [6, 6.07) is 8.54. The Balaban J connectivity index is 1.59. The van der Waals surface area contributed by atoms with Gasteiger partial charge < -0.3 is 9.72 Å². The minimum Gasteiger partial charge on any atom is -0.376 e. The first-order valence-corrected chi connectivity index (χ1v) is 7.33. The first-order chi connectivity index (χ1) is 11.1. The molecule has 0 radical (unpaired) electrons. The average molecular weight is 322 g/mol. The first-order valence-electron chi connectivity index (χ1n) is 7.33. The van der Waals surface area contributed by atoms with Gasteiger partial charge in [-0.05, 0) is 12.0 Å². The third-order valence-corrected chi connectivity index (χ3v) is 4.10. The van der Waals surface area contributed by atoms with Gasteiger partial charge in [-0.1, -0.05) is 30.3 Å². The van der Waals surface area contributed by atoms with E-state index in [4.69, 9.17) is 4.74 Å². The summed E-state index contributed by atoms with van der Waals surface area (Å²) in [5.41, 5.74) is -0.908. The van der Waals surface area contributed by atoms with E-state index < -0.39 is 35.2 Å². The van der Waals surface area contributed by atoms with Gasteiger partial charge in [-0.15, -0.1) is 0 Å². The van der Waals surface area contributed by atoms with Gasteiger partial charge in [0.15, 0.2) is 0 Å². The molecule has 1 aromatic carbocycles. The van der Waals surface area contributed by atoms with E-state index in [9.17, 15) is 18.4 Å². The third-order valence-electron chi connectivity index (χ3n) is 4.10. The Labute approximate surface area is 130 Å². The molecular formula is C16H16F2N2O3. The predicted molar refractivity (Wildman–Crippen MR) is 79.4 cm³/mol. The zero-order valence-electron chi connectivity index (χ0n) is 12.2. The summed E-state index contributed by atoms with van der Waals surface area (Å²) < 4.78 is 33.6. The summed E-state index contributed by atoms with van der Waals surface area (Å²) in [4.78, 5) is 25.4. The minimum absolute atomic E-state index is 0.189. The topological polar surface area (TPSA) is 64.1 Å². The second-order valence-corrected chi connectivity index (χ2v) is 5.63. The van der Waals surface area contributed by atoms with Crippen LogP contribution >= 0.6 is 0 Å². The molecule has 1 N–H and O–H groups in total. The number of H-pyrrole nitrogens is 1. The molecule has 1 aliphatic carbocycles. The number of nitrogens with one attached hydrogen (secondary N) is 1. The van der Waals surface area contributed by atoms with Crippen molar-refractivity contribution >= 4 is 0 Å². The highest BCUT2D eigenvalue weighted by Gasteiger charge is 2.44. The molecule has 3 rings (SSSR count). The molecule has 1 saturated carbocycles. The van der Waals surface area contributed by atoms with Crippen molar-refractivity contribution < 1.29 is 13.5 Å². The van der Waals surface area contributed by atoms with Crippen molar-refractivity contribution in [2.75, 3.05) is 6.61 Å². The Morgan fingerprint density at radius 3 is 2.70 bits per heavy atom. The molecule has 0 bridgehead atoms. The Morgan fingerprint density at radius 2 is 2.00 bits per heavy atom. The van der Waals surface area contributed by atoms with Crippen molar-refractivity contribution in [2.24, 2.45) is 5.92 Å². The number of alkyl halides is 1. The standard InChI is InChI=1S/C16H16F2N2O3/c17-12-7-19-16(22)20(15(12)21)13-6-11(14(13)18)9-23-8-10-4-2-1-3-5-10/h1-5,7,11,13-14H,6,8-9H2,(H,19,22)/t11-,13+,14-/m1/s1. The molecule has 1 aromatic heterocycles. The summed E-state index contributed by atoms with van der Waals surface area (Å²) in [7, 11) is 0. The van der Waals surface area contributed by atoms with Crippen LogP contribution in [0.4, 0.5) is 8.78 Å². The number of halogens is 2. The van der Waals surface area contributed by atoms with Crippen LogP contribution in [0.3, 0.4) is 0 Å². The molecule has 0 spiro atoms. The lowest BCUT2D eigenvalue weighted by Crippen LogP contribution is -2.51. The number of aromatic nitrogens is 2. The van der Waals surface area contributed by atoms with E-state index in [0.29, 0.717) is 17.4 Å². The molecule has 1 fully saturated rings. The third kappa shape index (κ3) is 3.10. The second kappa shape index (κ2) is 6.45. The van der Waals surface area contributed by atoms with Gasteiger partial charge in [0.2, 0.25) is 5.82 Å². The van der Waals surface area contributed by atoms with E-state index in [1.54, 1.807) is 0 Å². The van der Waals surface area contributed by atoms with Crippen LogP contribution in [0, 0.1) is 11.7 Å². The van der Waals surface area contributed by atoms with Crippen LogP contribution < -0.4 is 11.2 Å². The number of rotatable bonds is 5. The fraction of sp³-hybridized carbons (Fsp3) is 0.375. The van der Waals surface area contributed by atoms with E-state index in [1.165, 1.54) is 0 Å². The predicted octanol–water partition coefficient (Wildman–Crippen LogP) is 1.79. The number of benzene rings is 1. The maximum atomic E-state index is 14.2. The van der Waals surface area contributed by atoms with Crippen LogP contribution in [0.15, 0.2) is 46.1 Å². The summed E-state index contributed by atoms with van der Waals surface area (Å²) in [5.74, 6) is -1.50. The monoisotopic (exact) mass is 322 g/mol. The zero-order valence-corrected chi connectivity index (χ0v) is 12.2. The molecule has 7 heteroatoms. The van der Waals surface area contributed by atoms with Gasteiger partial charge in [0, 0.05) is 12.1 Å². The normalized spacial score (nSPS) is 23.5. The quantitative estimate of drug-likeness (QED) is 0.913. The number of nitrogens with zero attached hydrogens (tertiary/aromatic N) is 1. The molecular weight excluding hydrogens is 306 g/mol. The highest BCUT2D eigenvalue weighted by atomic mass is 19.1. The molecule has 0 unspecified atom stereocenters. The maximum absolute atomic E-state index is 14.2. The van der Waals surface area contributed by atoms with Crippen molar-refractivity contribution in [3.8, 4) is 0 Å². The van der Waals surface area contributed by atoms with Crippen LogP contribution in [0.1, 0.15) is 18.0 Å². The molecule has 3 atom stereocenters. The summed E-state index contributed by atoms with van der Waals surface area (Å²) in [6.07, 6.45) is -0.456. The summed E-state index contributed by atoms with van der Waals surface area (Å²) in [5, 5.41) is 0. The molecule has 23 heavy (non-hydrogen) atoms. The van der Waals surface area contributed by atoms with Crippen molar-refractivity contribution in [2.45, 2.75) is 25.2 Å². The number of hydrogen-bond acceptors (Lipinski definition) is 3. The lowest BCUT2D eigenvalue weighted by molar-refractivity contribution is -0.0328. The number of ether oxygens (including phenoxy) is 1. The van der Waals surface area contributed by atoms with Crippen molar-refractivity contribution in [3.05, 3.63) is 68.7 Å². The minimum atomic E-state index is -1.41. The van der Waals surface area contributed by atoms with Crippen LogP contribution in [0.2, 0.25) is 0 Å². The Bertz CT molecular complexity index is 788. The fourth-order valence-corrected chi connectivity index (χ4v) is 2.76. The SMILES string of the molecule is O=c1[nH]cc(F)c(=O)n1[C@H]1C[C@H](COCc2ccccc2)[C@H]1F. The van der Waals surface area contributed by atoms with E-state index in [1.807, 2.05) is 30.3 Å². The molecule has 122 valence electrons. The van der Waals surface area contributed by atoms with E-state index >= 15 is 0 Å². The van der Waals surface area contributed by atoms with Gasteiger partial charge in [0.25, 0.3) is 5.56 Å². The Morgan fingerprint density at radius 1 is 1.26 bits per heavy atom. The van der Waals surface area contributed by atoms with Gasteiger partial charge in [-0.3, -0.25) is 9.36 Å². The highest BCUT2D eigenvalue weighted by Crippen LogP contribution is 2.39. The van der Waals surface area contributed by atoms with Crippen LogP contribution in [0.25, 0.3) is 0 Å². The van der Waals surface area contributed by atoms with Gasteiger partial charge >= 0.3 is 5.69 Å². The summed E-state index contributed by atoms with van der Waals surface area (Å²) >= 11 is 0. The highest BCUT2D eigenvalue weighted by molar-refractivity contribution is 5.13.